The first-order chi connectivity index (χ1) is 19.3. The van der Waals surface area contributed by atoms with E-state index in [2.05, 4.69) is 4.99 Å². The van der Waals surface area contributed by atoms with Gasteiger partial charge in [-0.3, -0.25) is 14.2 Å². The van der Waals surface area contributed by atoms with Gasteiger partial charge in [-0.15, -0.1) is 0 Å². The van der Waals surface area contributed by atoms with Crippen molar-refractivity contribution in [2.75, 3.05) is 32.9 Å². The number of thiazole rings is 1. The van der Waals surface area contributed by atoms with Gasteiger partial charge in [0.25, 0.3) is 11.5 Å². The van der Waals surface area contributed by atoms with Crippen molar-refractivity contribution in [3.8, 4) is 5.75 Å². The summed E-state index contributed by atoms with van der Waals surface area (Å²) in [7, 11) is 0. The van der Waals surface area contributed by atoms with E-state index in [1.807, 2.05) is 48.5 Å². The number of morpholine rings is 1. The Morgan fingerprint density at radius 3 is 2.52 bits per heavy atom. The molecule has 2 aliphatic rings. The van der Waals surface area contributed by atoms with Crippen LogP contribution in [0.25, 0.3) is 6.08 Å². The van der Waals surface area contributed by atoms with Crippen molar-refractivity contribution in [3.05, 3.63) is 96.7 Å². The minimum Gasteiger partial charge on any atom is -0.483 e. The van der Waals surface area contributed by atoms with Gasteiger partial charge in [0.15, 0.2) is 11.4 Å². The number of hydrogen-bond donors (Lipinski definition) is 0. The van der Waals surface area contributed by atoms with Gasteiger partial charge in [0, 0.05) is 18.7 Å². The standard InChI is InChI=1S/C30H31N3O6S/c1-19(2)39-29(36)26-20(3)31-30-33(27(26)21-9-5-4-6-10-21)28(35)24(40-30)17-22-11-7-8-12-23(22)38-18-25(34)32-13-15-37-16-14-32/h4-12,17,19,27H,13-16,18H2,1-3H3. The lowest BCUT2D eigenvalue weighted by atomic mass is 9.96. The highest BCUT2D eigenvalue weighted by molar-refractivity contribution is 7.07. The summed E-state index contributed by atoms with van der Waals surface area (Å²) in [5, 5.41) is 0. The van der Waals surface area contributed by atoms with Crippen LogP contribution in [0.2, 0.25) is 0 Å². The number of amides is 1. The Hall–Kier alpha value is -4.02. The summed E-state index contributed by atoms with van der Waals surface area (Å²) in [4.78, 5) is 46.5. The maximum Gasteiger partial charge on any atom is 0.338 e. The largest absolute Gasteiger partial charge is 0.483 e. The molecule has 0 radical (unpaired) electrons. The number of para-hydroxylation sites is 1. The molecule has 40 heavy (non-hydrogen) atoms. The molecule has 3 aromatic rings. The van der Waals surface area contributed by atoms with Gasteiger partial charge < -0.3 is 19.1 Å². The van der Waals surface area contributed by atoms with Gasteiger partial charge in [-0.2, -0.15) is 0 Å². The van der Waals surface area contributed by atoms with Crippen molar-refractivity contribution in [2.45, 2.75) is 32.9 Å². The molecular formula is C30H31N3O6S. The summed E-state index contributed by atoms with van der Waals surface area (Å²) in [6, 6.07) is 16.0. The minimum atomic E-state index is -0.677. The van der Waals surface area contributed by atoms with Crippen molar-refractivity contribution < 1.29 is 23.8 Å². The first kappa shape index (κ1) is 27.5. The lowest BCUT2D eigenvalue weighted by molar-refractivity contribution is -0.143. The molecule has 208 valence electrons. The molecule has 1 atom stereocenters. The number of nitrogens with zero attached hydrogens (tertiary/aromatic N) is 3. The Morgan fingerprint density at radius 1 is 1.10 bits per heavy atom. The molecule has 1 saturated heterocycles. The van der Waals surface area contributed by atoms with Crippen LogP contribution in [0.3, 0.4) is 0 Å². The zero-order valence-corrected chi connectivity index (χ0v) is 23.5. The summed E-state index contributed by atoms with van der Waals surface area (Å²) in [6.07, 6.45) is 1.42. The van der Waals surface area contributed by atoms with Gasteiger partial charge in [0.05, 0.1) is 41.2 Å². The number of allylic oxidation sites excluding steroid dienone is 1. The van der Waals surface area contributed by atoms with Gasteiger partial charge in [-0.25, -0.2) is 9.79 Å². The van der Waals surface area contributed by atoms with Crippen molar-refractivity contribution in [1.29, 1.82) is 0 Å². The molecule has 0 saturated carbocycles. The Bertz CT molecular complexity index is 1620. The van der Waals surface area contributed by atoms with E-state index in [-0.39, 0.29) is 24.2 Å². The maximum atomic E-state index is 13.9. The van der Waals surface area contributed by atoms with E-state index >= 15 is 0 Å². The van der Waals surface area contributed by atoms with Crippen LogP contribution in [0, 0.1) is 0 Å². The SMILES string of the molecule is CC1=C(C(=O)OC(C)C)C(c2ccccc2)n2c(sc(=Cc3ccccc3OCC(=O)N3CCOCC3)c2=O)=N1. The lowest BCUT2D eigenvalue weighted by Crippen LogP contribution is -2.43. The van der Waals surface area contributed by atoms with Gasteiger partial charge >= 0.3 is 5.97 Å². The van der Waals surface area contributed by atoms with Crippen LogP contribution in [-0.4, -0.2) is 60.4 Å². The van der Waals surface area contributed by atoms with Crippen LogP contribution < -0.4 is 19.6 Å². The second kappa shape index (κ2) is 12.0. The fourth-order valence-corrected chi connectivity index (χ4v) is 5.76. The highest BCUT2D eigenvalue weighted by Crippen LogP contribution is 2.30. The van der Waals surface area contributed by atoms with Crippen molar-refractivity contribution in [3.63, 3.8) is 0 Å². The third-order valence-corrected chi connectivity index (χ3v) is 7.60. The van der Waals surface area contributed by atoms with E-state index in [9.17, 15) is 14.4 Å². The predicted octanol–water partition coefficient (Wildman–Crippen LogP) is 2.42. The zero-order chi connectivity index (χ0) is 28.2. The monoisotopic (exact) mass is 561 g/mol. The van der Waals surface area contributed by atoms with Crippen molar-refractivity contribution >= 4 is 29.3 Å². The highest BCUT2D eigenvalue weighted by atomic mass is 32.1. The van der Waals surface area contributed by atoms with Gasteiger partial charge in [-0.1, -0.05) is 59.9 Å². The Balaban J connectivity index is 1.53. The molecule has 5 rings (SSSR count). The summed E-state index contributed by atoms with van der Waals surface area (Å²) < 4.78 is 18.7. The molecule has 0 aliphatic carbocycles. The smallest absolute Gasteiger partial charge is 0.338 e. The van der Waals surface area contributed by atoms with E-state index in [1.54, 1.807) is 42.4 Å². The fraction of sp³-hybridized carbons (Fsp3) is 0.333. The third-order valence-electron chi connectivity index (χ3n) is 6.62. The van der Waals surface area contributed by atoms with Gasteiger partial charge in [-0.05, 0) is 38.5 Å². The molecule has 3 heterocycles. The van der Waals surface area contributed by atoms with E-state index in [0.717, 1.165) is 5.56 Å². The van der Waals surface area contributed by atoms with Crippen molar-refractivity contribution in [2.24, 2.45) is 4.99 Å². The topological polar surface area (TPSA) is 99.4 Å². The maximum absolute atomic E-state index is 13.9. The minimum absolute atomic E-state index is 0.110. The molecule has 10 heteroatoms. The molecule has 1 unspecified atom stereocenters. The Labute approximate surface area is 235 Å². The second-order valence-corrected chi connectivity index (χ2v) is 10.8. The number of carbonyl (C=O) groups is 2. The van der Waals surface area contributed by atoms with Crippen LogP contribution in [0.4, 0.5) is 0 Å². The van der Waals surface area contributed by atoms with Crippen LogP contribution >= 0.6 is 11.3 Å². The average molecular weight is 562 g/mol. The highest BCUT2D eigenvalue weighted by Gasteiger charge is 2.33. The van der Waals surface area contributed by atoms with Crippen LogP contribution in [0.1, 0.15) is 37.9 Å². The number of carbonyl (C=O) groups excluding carboxylic acids is 2. The summed E-state index contributed by atoms with van der Waals surface area (Å²) in [6.45, 7) is 7.34. The number of ether oxygens (including phenoxy) is 3. The molecule has 0 N–H and O–H groups in total. The van der Waals surface area contributed by atoms with Crippen LogP contribution in [0.15, 0.2) is 75.7 Å². The molecule has 0 spiro atoms. The fourth-order valence-electron chi connectivity index (χ4n) is 4.73. The summed E-state index contributed by atoms with van der Waals surface area (Å²) >= 11 is 1.24. The number of rotatable bonds is 7. The molecule has 9 nitrogen and oxygen atoms in total. The number of hydrogen-bond acceptors (Lipinski definition) is 8. The number of benzene rings is 2. The Morgan fingerprint density at radius 2 is 1.80 bits per heavy atom. The molecule has 2 aromatic carbocycles. The molecule has 1 fully saturated rings. The average Bonchev–Trinajstić information content (AvgIpc) is 3.26. The third kappa shape index (κ3) is 5.78. The number of esters is 1. The summed E-state index contributed by atoms with van der Waals surface area (Å²) in [5.74, 6) is -0.119. The molecule has 1 aromatic heterocycles. The molecular weight excluding hydrogens is 530 g/mol. The Kier molecular flexibility index (Phi) is 8.27. The predicted molar refractivity (Wildman–Crippen MR) is 151 cm³/mol. The quantitative estimate of drug-likeness (QED) is 0.411. The van der Waals surface area contributed by atoms with E-state index in [4.69, 9.17) is 14.2 Å². The second-order valence-electron chi connectivity index (χ2n) is 9.77. The normalized spacial score (nSPS) is 17.4. The van der Waals surface area contributed by atoms with E-state index < -0.39 is 12.0 Å². The zero-order valence-electron chi connectivity index (χ0n) is 22.7. The molecule has 0 bridgehead atoms. The first-order valence-corrected chi connectivity index (χ1v) is 14.0. The van der Waals surface area contributed by atoms with Crippen molar-refractivity contribution in [1.82, 2.24) is 9.47 Å². The van der Waals surface area contributed by atoms with Gasteiger partial charge in [0.2, 0.25) is 0 Å². The van der Waals surface area contributed by atoms with Gasteiger partial charge in [0.1, 0.15) is 5.75 Å². The van der Waals surface area contributed by atoms with E-state index in [1.165, 1.54) is 11.3 Å². The number of aromatic nitrogens is 1. The van der Waals surface area contributed by atoms with Crippen LogP contribution in [0.5, 0.6) is 5.75 Å². The molecule has 2 aliphatic heterocycles. The van der Waals surface area contributed by atoms with E-state index in [0.29, 0.717) is 58.2 Å². The lowest BCUT2D eigenvalue weighted by Gasteiger charge is -2.26. The number of fused-ring (bicyclic) bond motifs is 1. The molecule has 1 amide bonds. The summed E-state index contributed by atoms with van der Waals surface area (Å²) in [5.41, 5.74) is 2.01. The van der Waals surface area contributed by atoms with Crippen LogP contribution in [-0.2, 0) is 19.1 Å². The first-order valence-electron chi connectivity index (χ1n) is 13.2.